The van der Waals surface area contributed by atoms with Crippen LogP contribution < -0.4 is 4.74 Å². The number of hydrogen-bond acceptors (Lipinski definition) is 4. The fraction of sp³-hybridized carbons (Fsp3) is 0.625. The van der Waals surface area contributed by atoms with Gasteiger partial charge in [0.1, 0.15) is 18.0 Å². The summed E-state index contributed by atoms with van der Waals surface area (Å²) in [7, 11) is 1.61. The second kappa shape index (κ2) is 9.19. The molecule has 0 saturated heterocycles. The number of carbonyl (C=O) groups is 2. The Morgan fingerprint density at radius 1 is 1.23 bits per heavy atom. The topological polar surface area (TPSA) is 64.4 Å². The van der Waals surface area contributed by atoms with Gasteiger partial charge in [-0.1, -0.05) is 27.7 Å². The number of fused-ring (bicyclic) bond motifs is 1. The summed E-state index contributed by atoms with van der Waals surface area (Å²) >= 11 is 0. The lowest BCUT2D eigenvalue weighted by molar-refractivity contribution is -0.132. The third-order valence-electron chi connectivity index (χ3n) is 6.59. The molecule has 1 aliphatic carbocycles. The molecule has 1 heterocycles. The first-order valence-electron chi connectivity index (χ1n) is 11.2. The van der Waals surface area contributed by atoms with Gasteiger partial charge in [-0.15, -0.1) is 0 Å². The second-order valence-electron chi connectivity index (χ2n) is 8.77. The molecule has 3 rings (SSSR count). The smallest absolute Gasteiger partial charge is 0.244 e. The Hall–Kier alpha value is -2.37. The standard InChI is InChI=1S/C24H35N3O3/c1-6-13-26(15-17-9-10-17)21(28)16-27-20-14-18(30-5)11-12-19(20)22(25-27)23(29)24(4,7-2)8-3/h11-12,14,17H,6-10,13,15-16H2,1-5H3. The quantitative estimate of drug-likeness (QED) is 0.501. The molecule has 1 aromatic carbocycles. The zero-order valence-electron chi connectivity index (χ0n) is 19.0. The Balaban J connectivity index is 1.98. The van der Waals surface area contributed by atoms with Gasteiger partial charge in [0.2, 0.25) is 5.91 Å². The highest BCUT2D eigenvalue weighted by molar-refractivity contribution is 6.09. The lowest BCUT2D eigenvalue weighted by atomic mass is 9.79. The maximum absolute atomic E-state index is 13.4. The number of amides is 1. The van der Waals surface area contributed by atoms with Crippen LogP contribution in [0.5, 0.6) is 5.75 Å². The van der Waals surface area contributed by atoms with Gasteiger partial charge in [-0.25, -0.2) is 0 Å². The van der Waals surface area contributed by atoms with E-state index in [1.807, 2.05) is 43.9 Å². The maximum atomic E-state index is 13.4. The van der Waals surface area contributed by atoms with Gasteiger partial charge in [0, 0.05) is 30.0 Å². The summed E-state index contributed by atoms with van der Waals surface area (Å²) in [6.45, 7) is 9.87. The van der Waals surface area contributed by atoms with E-state index in [4.69, 9.17) is 4.74 Å². The first-order valence-corrected chi connectivity index (χ1v) is 11.2. The van der Waals surface area contributed by atoms with Crippen LogP contribution in [0.2, 0.25) is 0 Å². The number of hydrogen-bond donors (Lipinski definition) is 0. The molecule has 0 N–H and O–H groups in total. The van der Waals surface area contributed by atoms with E-state index >= 15 is 0 Å². The number of aromatic nitrogens is 2. The van der Waals surface area contributed by atoms with E-state index in [0.29, 0.717) is 17.4 Å². The van der Waals surface area contributed by atoms with E-state index in [2.05, 4.69) is 12.0 Å². The molecule has 1 aliphatic rings. The molecule has 1 fully saturated rings. The summed E-state index contributed by atoms with van der Waals surface area (Å²) in [5.41, 5.74) is 0.760. The van der Waals surface area contributed by atoms with Crippen LogP contribution >= 0.6 is 0 Å². The Labute approximate surface area is 179 Å². The van der Waals surface area contributed by atoms with Crippen LogP contribution in [0.25, 0.3) is 10.9 Å². The van der Waals surface area contributed by atoms with Crippen molar-refractivity contribution in [3.63, 3.8) is 0 Å². The van der Waals surface area contributed by atoms with E-state index in [0.717, 1.165) is 43.3 Å². The summed E-state index contributed by atoms with van der Waals surface area (Å²) in [6, 6.07) is 5.60. The van der Waals surface area contributed by atoms with Crippen LogP contribution in [0, 0.1) is 11.3 Å². The molecule has 6 heteroatoms. The Morgan fingerprint density at radius 2 is 1.93 bits per heavy atom. The number of methoxy groups -OCH3 is 1. The van der Waals surface area contributed by atoms with Crippen LogP contribution in [-0.2, 0) is 11.3 Å². The molecule has 1 amide bonds. The van der Waals surface area contributed by atoms with Crippen LogP contribution in [0.4, 0.5) is 0 Å². The summed E-state index contributed by atoms with van der Waals surface area (Å²) in [4.78, 5) is 28.4. The lowest BCUT2D eigenvalue weighted by Crippen LogP contribution is -2.36. The van der Waals surface area contributed by atoms with Crippen molar-refractivity contribution in [2.24, 2.45) is 11.3 Å². The molecule has 1 aromatic heterocycles. The van der Waals surface area contributed by atoms with Crippen molar-refractivity contribution in [2.45, 2.75) is 66.3 Å². The molecular formula is C24H35N3O3. The Bertz CT molecular complexity index is 910. The Morgan fingerprint density at radius 3 is 2.50 bits per heavy atom. The Kier molecular flexibility index (Phi) is 6.84. The highest BCUT2D eigenvalue weighted by Crippen LogP contribution is 2.34. The summed E-state index contributed by atoms with van der Waals surface area (Å²) < 4.78 is 7.08. The number of nitrogens with zero attached hydrogens (tertiary/aromatic N) is 3. The molecule has 1 saturated carbocycles. The van der Waals surface area contributed by atoms with Crippen molar-refractivity contribution >= 4 is 22.6 Å². The highest BCUT2D eigenvalue weighted by atomic mass is 16.5. The molecular weight excluding hydrogens is 378 g/mol. The minimum Gasteiger partial charge on any atom is -0.497 e. The fourth-order valence-corrected chi connectivity index (χ4v) is 3.85. The van der Waals surface area contributed by atoms with E-state index in [9.17, 15) is 9.59 Å². The van der Waals surface area contributed by atoms with Gasteiger partial charge in [0.25, 0.3) is 0 Å². The van der Waals surface area contributed by atoms with Gasteiger partial charge < -0.3 is 9.64 Å². The second-order valence-corrected chi connectivity index (χ2v) is 8.77. The van der Waals surface area contributed by atoms with Crippen molar-refractivity contribution in [1.82, 2.24) is 14.7 Å². The van der Waals surface area contributed by atoms with Crippen molar-refractivity contribution in [1.29, 1.82) is 0 Å². The zero-order valence-corrected chi connectivity index (χ0v) is 19.0. The lowest BCUT2D eigenvalue weighted by Gasteiger charge is -2.23. The maximum Gasteiger partial charge on any atom is 0.244 e. The number of carbonyl (C=O) groups excluding carboxylic acids is 2. The van der Waals surface area contributed by atoms with Gasteiger partial charge in [-0.2, -0.15) is 5.10 Å². The predicted molar refractivity (Wildman–Crippen MR) is 119 cm³/mol. The molecule has 164 valence electrons. The fourth-order valence-electron chi connectivity index (χ4n) is 3.85. The van der Waals surface area contributed by atoms with Gasteiger partial charge >= 0.3 is 0 Å². The van der Waals surface area contributed by atoms with E-state index < -0.39 is 5.41 Å². The monoisotopic (exact) mass is 413 g/mol. The number of rotatable bonds is 11. The molecule has 0 unspecified atom stereocenters. The van der Waals surface area contributed by atoms with Crippen molar-refractivity contribution in [3.8, 4) is 5.75 Å². The summed E-state index contributed by atoms with van der Waals surface area (Å²) in [5.74, 6) is 1.43. The minimum absolute atomic E-state index is 0.0391. The molecule has 2 aromatic rings. The molecule has 0 spiro atoms. The first-order chi connectivity index (χ1) is 14.4. The van der Waals surface area contributed by atoms with Crippen molar-refractivity contribution in [2.75, 3.05) is 20.2 Å². The van der Waals surface area contributed by atoms with Gasteiger partial charge in [0.15, 0.2) is 5.78 Å². The average molecular weight is 414 g/mol. The molecule has 0 radical (unpaired) electrons. The number of ketones is 1. The number of benzene rings is 1. The number of Topliss-reactive ketones (excluding diaryl/α,β-unsaturated/α-hetero) is 1. The molecule has 0 aliphatic heterocycles. The van der Waals surface area contributed by atoms with Gasteiger partial charge in [0.05, 0.1) is 12.6 Å². The highest BCUT2D eigenvalue weighted by Gasteiger charge is 2.34. The zero-order chi connectivity index (χ0) is 21.9. The third kappa shape index (κ3) is 4.52. The van der Waals surface area contributed by atoms with E-state index in [1.165, 1.54) is 12.8 Å². The summed E-state index contributed by atoms with van der Waals surface area (Å²) in [5, 5.41) is 5.45. The van der Waals surface area contributed by atoms with Crippen LogP contribution in [0.15, 0.2) is 18.2 Å². The number of ether oxygens (including phenoxy) is 1. The largest absolute Gasteiger partial charge is 0.497 e. The van der Waals surface area contributed by atoms with E-state index in [1.54, 1.807) is 11.8 Å². The minimum atomic E-state index is -0.462. The SMILES string of the molecule is CCCN(CC1CC1)C(=O)Cn1nc(C(=O)C(C)(CC)CC)c2ccc(OC)cc21. The van der Waals surface area contributed by atoms with Crippen LogP contribution in [-0.4, -0.2) is 46.6 Å². The molecule has 6 nitrogen and oxygen atoms in total. The van der Waals surface area contributed by atoms with Crippen LogP contribution in [0.3, 0.4) is 0 Å². The average Bonchev–Trinajstić information content (AvgIpc) is 3.52. The molecule has 0 atom stereocenters. The third-order valence-corrected chi connectivity index (χ3v) is 6.59. The van der Waals surface area contributed by atoms with Crippen molar-refractivity contribution in [3.05, 3.63) is 23.9 Å². The van der Waals surface area contributed by atoms with Crippen molar-refractivity contribution < 1.29 is 14.3 Å². The van der Waals surface area contributed by atoms with Gasteiger partial charge in [-0.3, -0.25) is 14.3 Å². The molecule has 0 bridgehead atoms. The summed E-state index contributed by atoms with van der Waals surface area (Å²) in [6.07, 6.45) is 4.84. The molecule has 30 heavy (non-hydrogen) atoms. The first kappa shape index (κ1) is 22.3. The van der Waals surface area contributed by atoms with E-state index in [-0.39, 0.29) is 18.2 Å². The van der Waals surface area contributed by atoms with Crippen LogP contribution in [0.1, 0.15) is 70.3 Å². The normalized spacial score (nSPS) is 14.2. The van der Waals surface area contributed by atoms with Gasteiger partial charge in [-0.05, 0) is 50.2 Å². The predicted octanol–water partition coefficient (Wildman–Crippen LogP) is 4.70.